The van der Waals surface area contributed by atoms with Crippen molar-refractivity contribution in [2.45, 2.75) is 19.1 Å². The molecule has 0 aromatic rings. The van der Waals surface area contributed by atoms with E-state index in [1.807, 2.05) is 0 Å². The molecule has 1 rings (SSSR count). The molecule has 0 unspecified atom stereocenters. The van der Waals surface area contributed by atoms with Gasteiger partial charge in [-0.2, -0.15) is 0 Å². The highest BCUT2D eigenvalue weighted by molar-refractivity contribution is 6.22. The molecule has 0 fully saturated rings. The summed E-state index contributed by atoms with van der Waals surface area (Å²) in [5, 5.41) is 0. The van der Waals surface area contributed by atoms with E-state index in [-0.39, 0.29) is 17.1 Å². The zero-order chi connectivity index (χ0) is 9.84. The normalized spacial score (nSPS) is 16.5. The topological polar surface area (TPSA) is 52.6 Å². The fourth-order valence-electron chi connectivity index (χ4n) is 1.27. The number of rotatable bonds is 4. The predicted octanol–water partition coefficient (Wildman–Crippen LogP) is 0.464. The van der Waals surface area contributed by atoms with E-state index in [1.165, 1.54) is 14.2 Å². The summed E-state index contributed by atoms with van der Waals surface area (Å²) in [6.07, 6.45) is 1.74. The van der Waals surface area contributed by atoms with Crippen LogP contribution in [0.2, 0.25) is 0 Å². The molecule has 0 saturated carbocycles. The molecule has 4 nitrogen and oxygen atoms in total. The summed E-state index contributed by atoms with van der Waals surface area (Å²) < 4.78 is 9.51. The summed E-state index contributed by atoms with van der Waals surface area (Å²) in [6, 6.07) is 0. The predicted molar refractivity (Wildman–Crippen MR) is 45.1 cm³/mol. The highest BCUT2D eigenvalue weighted by Gasteiger charge is 2.28. The van der Waals surface area contributed by atoms with E-state index < -0.39 is 6.29 Å². The maximum atomic E-state index is 11.5. The Labute approximate surface area is 76.5 Å². The number of carbonyl (C=O) groups is 2. The smallest absolute Gasteiger partial charge is 0.222 e. The Balaban J connectivity index is 2.71. The Hall–Kier alpha value is -1.00. The van der Waals surface area contributed by atoms with Crippen molar-refractivity contribution in [2.75, 3.05) is 14.2 Å². The van der Waals surface area contributed by atoms with Crippen molar-refractivity contribution in [3.05, 3.63) is 11.6 Å². The van der Waals surface area contributed by atoms with E-state index in [0.29, 0.717) is 12.8 Å². The van der Waals surface area contributed by atoms with E-state index >= 15 is 0 Å². The summed E-state index contributed by atoms with van der Waals surface area (Å²) in [7, 11) is 2.73. The zero-order valence-corrected chi connectivity index (χ0v) is 7.70. The van der Waals surface area contributed by atoms with Crippen molar-refractivity contribution in [3.8, 4) is 0 Å². The van der Waals surface area contributed by atoms with Crippen molar-refractivity contribution in [1.82, 2.24) is 0 Å². The van der Waals surface area contributed by atoms with Crippen molar-refractivity contribution < 1.29 is 19.1 Å². The number of carbonyl (C=O) groups excluding carboxylic acids is 2. The van der Waals surface area contributed by atoms with Gasteiger partial charge in [-0.3, -0.25) is 9.59 Å². The molecule has 0 heterocycles. The average molecular weight is 184 g/mol. The Kier molecular flexibility index (Phi) is 3.33. The first-order valence-corrected chi connectivity index (χ1v) is 4.04. The average Bonchev–Trinajstić information content (AvgIpc) is 2.53. The van der Waals surface area contributed by atoms with Crippen LogP contribution in [0.5, 0.6) is 0 Å². The van der Waals surface area contributed by atoms with Crippen LogP contribution in [0.3, 0.4) is 0 Å². The fourth-order valence-corrected chi connectivity index (χ4v) is 1.27. The highest BCUT2D eigenvalue weighted by Crippen LogP contribution is 2.16. The molecule has 0 amide bonds. The van der Waals surface area contributed by atoms with Crippen LogP contribution < -0.4 is 0 Å². The van der Waals surface area contributed by atoms with Crippen molar-refractivity contribution in [2.24, 2.45) is 0 Å². The molecule has 0 N–H and O–H groups in total. The second-order valence-electron chi connectivity index (χ2n) is 2.75. The van der Waals surface area contributed by atoms with Gasteiger partial charge in [-0.05, 0) is 6.42 Å². The van der Waals surface area contributed by atoms with E-state index in [2.05, 4.69) is 0 Å². The number of ether oxygens (including phenoxy) is 2. The SMILES string of the molecule is COC(OC)C(=O)C1=CCCC1=O. The van der Waals surface area contributed by atoms with Gasteiger partial charge in [-0.15, -0.1) is 0 Å². The number of hydrogen-bond acceptors (Lipinski definition) is 4. The quantitative estimate of drug-likeness (QED) is 0.470. The number of Topliss-reactive ketones (excluding diaryl/α,β-unsaturated/α-hetero) is 2. The second kappa shape index (κ2) is 4.30. The monoisotopic (exact) mass is 184 g/mol. The second-order valence-corrected chi connectivity index (χ2v) is 2.75. The van der Waals surface area contributed by atoms with Crippen LogP contribution in [-0.2, 0) is 19.1 Å². The summed E-state index contributed by atoms with van der Waals surface area (Å²) in [6.45, 7) is 0. The van der Waals surface area contributed by atoms with Crippen LogP contribution >= 0.6 is 0 Å². The lowest BCUT2D eigenvalue weighted by molar-refractivity contribution is -0.153. The molecule has 1 aliphatic rings. The molecular weight excluding hydrogens is 172 g/mol. The maximum absolute atomic E-state index is 11.5. The Morgan fingerprint density at radius 2 is 2.08 bits per heavy atom. The van der Waals surface area contributed by atoms with Crippen LogP contribution in [0.15, 0.2) is 11.6 Å². The van der Waals surface area contributed by atoms with Crippen LogP contribution in [0.1, 0.15) is 12.8 Å². The van der Waals surface area contributed by atoms with E-state index in [9.17, 15) is 9.59 Å². The first kappa shape index (κ1) is 10.1. The number of ketones is 2. The first-order chi connectivity index (χ1) is 6.20. The van der Waals surface area contributed by atoms with Gasteiger partial charge in [-0.1, -0.05) is 6.08 Å². The Bertz CT molecular complexity index is 250. The van der Waals surface area contributed by atoms with Gasteiger partial charge >= 0.3 is 0 Å². The molecule has 4 heteroatoms. The molecule has 0 aromatic heterocycles. The third-order valence-electron chi connectivity index (χ3n) is 1.93. The molecule has 72 valence electrons. The van der Waals surface area contributed by atoms with Gasteiger partial charge in [0.05, 0.1) is 5.57 Å². The first-order valence-electron chi connectivity index (χ1n) is 4.04. The standard InChI is InChI=1S/C9H12O4/c1-12-9(13-2)8(11)6-4-3-5-7(6)10/h4,9H,3,5H2,1-2H3. The summed E-state index contributed by atoms with van der Waals surface area (Å²) >= 11 is 0. The lowest BCUT2D eigenvalue weighted by Gasteiger charge is -2.11. The third kappa shape index (κ3) is 2.02. The highest BCUT2D eigenvalue weighted by atomic mass is 16.7. The molecule has 1 aliphatic carbocycles. The number of allylic oxidation sites excluding steroid dienone is 1. The number of hydrogen-bond donors (Lipinski definition) is 0. The third-order valence-corrected chi connectivity index (χ3v) is 1.93. The Morgan fingerprint density at radius 1 is 1.46 bits per heavy atom. The van der Waals surface area contributed by atoms with Crippen molar-refractivity contribution in [1.29, 1.82) is 0 Å². The molecule has 0 aromatic carbocycles. The summed E-state index contributed by atoms with van der Waals surface area (Å²) in [4.78, 5) is 22.6. The van der Waals surface area contributed by atoms with E-state index in [1.54, 1.807) is 6.08 Å². The molecule has 0 saturated heterocycles. The molecule has 0 bridgehead atoms. The molecule has 0 radical (unpaired) electrons. The maximum Gasteiger partial charge on any atom is 0.222 e. The largest absolute Gasteiger partial charge is 0.349 e. The zero-order valence-electron chi connectivity index (χ0n) is 7.70. The summed E-state index contributed by atoms with van der Waals surface area (Å²) in [5.74, 6) is -0.503. The van der Waals surface area contributed by atoms with Crippen molar-refractivity contribution in [3.63, 3.8) is 0 Å². The number of methoxy groups -OCH3 is 2. The Morgan fingerprint density at radius 3 is 2.46 bits per heavy atom. The molecule has 0 aliphatic heterocycles. The van der Waals surface area contributed by atoms with Gasteiger partial charge in [0.25, 0.3) is 0 Å². The molecule has 0 spiro atoms. The van der Waals surface area contributed by atoms with E-state index in [4.69, 9.17) is 9.47 Å². The minimum absolute atomic E-state index is 0.121. The van der Waals surface area contributed by atoms with Crippen LogP contribution in [0.25, 0.3) is 0 Å². The van der Waals surface area contributed by atoms with Gasteiger partial charge in [0, 0.05) is 20.6 Å². The van der Waals surface area contributed by atoms with Gasteiger partial charge in [0.15, 0.2) is 5.78 Å². The molecule has 13 heavy (non-hydrogen) atoms. The van der Waals surface area contributed by atoms with Crippen LogP contribution in [-0.4, -0.2) is 32.1 Å². The van der Waals surface area contributed by atoms with Gasteiger partial charge in [0.1, 0.15) is 0 Å². The fraction of sp³-hybridized carbons (Fsp3) is 0.556. The van der Waals surface area contributed by atoms with Crippen LogP contribution in [0.4, 0.5) is 0 Å². The summed E-state index contributed by atoms with van der Waals surface area (Å²) in [5.41, 5.74) is 0.216. The van der Waals surface area contributed by atoms with Gasteiger partial charge in [0.2, 0.25) is 12.1 Å². The van der Waals surface area contributed by atoms with Crippen molar-refractivity contribution >= 4 is 11.6 Å². The minimum atomic E-state index is -0.951. The minimum Gasteiger partial charge on any atom is -0.349 e. The van der Waals surface area contributed by atoms with Crippen LogP contribution in [0, 0.1) is 0 Å². The molecule has 0 atom stereocenters. The lowest BCUT2D eigenvalue weighted by Crippen LogP contribution is -2.28. The van der Waals surface area contributed by atoms with E-state index in [0.717, 1.165) is 0 Å². The molecular formula is C9H12O4. The lowest BCUT2D eigenvalue weighted by atomic mass is 10.1. The van der Waals surface area contributed by atoms with Gasteiger partial charge in [-0.25, -0.2) is 0 Å². The van der Waals surface area contributed by atoms with Gasteiger partial charge < -0.3 is 9.47 Å².